The molecule has 0 bridgehead atoms. The van der Waals surface area contributed by atoms with Gasteiger partial charge < -0.3 is 10.7 Å². The zero-order chi connectivity index (χ0) is 18.1. The van der Waals surface area contributed by atoms with E-state index in [1.54, 1.807) is 12.4 Å². The largest absolute Gasteiger partial charge is 0.366 e. The lowest BCUT2D eigenvalue weighted by Gasteiger charge is -2.28. The Morgan fingerprint density at radius 2 is 2.19 bits per heavy atom. The van der Waals surface area contributed by atoms with Gasteiger partial charge in [0.2, 0.25) is 5.91 Å². The third-order valence-corrected chi connectivity index (χ3v) is 4.87. The van der Waals surface area contributed by atoms with Crippen molar-refractivity contribution in [3.8, 4) is 11.1 Å². The lowest BCUT2D eigenvalue weighted by molar-refractivity contribution is 0.100. The average molecular weight is 351 g/mol. The monoisotopic (exact) mass is 351 g/mol. The fourth-order valence-corrected chi connectivity index (χ4v) is 3.60. The van der Waals surface area contributed by atoms with Gasteiger partial charge in [0.05, 0.1) is 5.56 Å². The molecule has 3 aromatic rings. The molecule has 2 aromatic heterocycles. The van der Waals surface area contributed by atoms with E-state index in [0.717, 1.165) is 30.6 Å². The summed E-state index contributed by atoms with van der Waals surface area (Å²) in [5.74, 6) is -0.505. The van der Waals surface area contributed by atoms with Crippen molar-refractivity contribution in [1.82, 2.24) is 14.9 Å². The van der Waals surface area contributed by atoms with E-state index in [2.05, 4.69) is 20.9 Å². The van der Waals surface area contributed by atoms with Crippen LogP contribution in [-0.4, -0.2) is 40.0 Å². The van der Waals surface area contributed by atoms with Crippen LogP contribution in [0.25, 0.3) is 22.2 Å². The number of fused-ring (bicyclic) bond motifs is 1. The molecule has 3 heterocycles. The van der Waals surface area contributed by atoms with Crippen molar-refractivity contribution < 1.29 is 9.18 Å². The van der Waals surface area contributed by atoms with Crippen LogP contribution in [0.3, 0.4) is 0 Å². The van der Waals surface area contributed by atoms with E-state index in [0.29, 0.717) is 35.1 Å². The number of hydrogen-bond acceptors (Lipinski definition) is 3. The zero-order valence-electron chi connectivity index (χ0n) is 14.3. The second-order valence-electron chi connectivity index (χ2n) is 6.74. The number of pyridine rings is 1. The first kappa shape index (κ1) is 16.7. The summed E-state index contributed by atoms with van der Waals surface area (Å²) in [7, 11) is 0. The minimum atomic E-state index is -0.725. The second kappa shape index (κ2) is 6.88. The Morgan fingerprint density at radius 1 is 1.38 bits per heavy atom. The summed E-state index contributed by atoms with van der Waals surface area (Å²) >= 11 is 0. The first-order valence-corrected chi connectivity index (χ1v) is 8.75. The number of aromatic nitrogens is 2. The van der Waals surface area contributed by atoms with Gasteiger partial charge in [-0.25, -0.2) is 9.37 Å². The summed E-state index contributed by atoms with van der Waals surface area (Å²) in [5, 5.41) is 0.599. The number of halogens is 1. The number of alkyl halides is 1. The molecule has 1 amide bonds. The van der Waals surface area contributed by atoms with Crippen molar-refractivity contribution in [2.24, 2.45) is 5.73 Å². The first-order valence-electron chi connectivity index (χ1n) is 8.75. The molecule has 1 unspecified atom stereocenters. The summed E-state index contributed by atoms with van der Waals surface area (Å²) in [6.45, 7) is 2.15. The molecule has 1 aromatic carbocycles. The number of carbonyl (C=O) groups excluding carboxylic acids is 1. The molecule has 5 nitrogen and oxygen atoms in total. The molecule has 6 heteroatoms. The number of aromatic amines is 1. The van der Waals surface area contributed by atoms with E-state index >= 15 is 0 Å². The highest BCUT2D eigenvalue weighted by molar-refractivity contribution is 6.10. The van der Waals surface area contributed by atoms with E-state index in [1.165, 1.54) is 0 Å². The van der Waals surface area contributed by atoms with E-state index < -0.39 is 12.1 Å². The number of nitrogens with one attached hydrogen (secondary N) is 1. The Kier molecular flexibility index (Phi) is 4.42. The van der Waals surface area contributed by atoms with Gasteiger partial charge >= 0.3 is 0 Å². The van der Waals surface area contributed by atoms with Crippen molar-refractivity contribution in [1.29, 1.82) is 0 Å². The smallest absolute Gasteiger partial charge is 0.250 e. The van der Waals surface area contributed by atoms with Crippen LogP contribution in [0.5, 0.6) is 0 Å². The van der Waals surface area contributed by atoms with E-state index in [1.807, 2.05) is 24.3 Å². The fraction of sp³-hybridized carbons (Fsp3) is 0.300. The van der Waals surface area contributed by atoms with Crippen LogP contribution in [0, 0.1) is 6.07 Å². The van der Waals surface area contributed by atoms with Gasteiger partial charge in [-0.3, -0.25) is 9.69 Å². The van der Waals surface area contributed by atoms with Gasteiger partial charge in [0.1, 0.15) is 11.8 Å². The van der Waals surface area contributed by atoms with Crippen LogP contribution >= 0.6 is 0 Å². The number of hydrogen-bond donors (Lipinski definition) is 2. The number of amides is 1. The van der Waals surface area contributed by atoms with Gasteiger partial charge in [-0.15, -0.1) is 0 Å². The number of benzene rings is 1. The van der Waals surface area contributed by atoms with Crippen molar-refractivity contribution in [3.63, 3.8) is 0 Å². The molecule has 1 radical (unpaired) electrons. The molecule has 3 N–H and O–H groups in total. The Hall–Kier alpha value is -2.73. The van der Waals surface area contributed by atoms with Gasteiger partial charge in [0.15, 0.2) is 0 Å². The maximum absolute atomic E-state index is 13.5. The predicted molar refractivity (Wildman–Crippen MR) is 98.3 cm³/mol. The summed E-state index contributed by atoms with van der Waals surface area (Å²) in [4.78, 5) is 21.4. The lowest BCUT2D eigenvalue weighted by atomic mass is 9.98. The molecule has 4 rings (SSSR count). The van der Waals surface area contributed by atoms with Crippen molar-refractivity contribution in [3.05, 3.63) is 53.9 Å². The van der Waals surface area contributed by atoms with E-state index in [-0.39, 0.29) is 0 Å². The molecule has 133 valence electrons. The first-order chi connectivity index (χ1) is 12.6. The van der Waals surface area contributed by atoms with Crippen LogP contribution in [0.15, 0.2) is 36.7 Å². The Bertz CT molecular complexity index is 935. The lowest BCUT2D eigenvalue weighted by Crippen LogP contribution is -2.35. The number of H-pyrrole nitrogens is 1. The standard InChI is InChI=1S/C20H20FN4O/c21-15-2-1-9-25(12-15)11-13-3-5-14(6-4-13)17-10-24-20-16(7-8-23-20)18(17)19(22)26/h3-6,8,10,15H,1-2,9,11-12H2,(H2,22,26)(H,23,24). The molecule has 1 atom stereocenters. The van der Waals surface area contributed by atoms with Crippen molar-refractivity contribution >= 4 is 16.9 Å². The van der Waals surface area contributed by atoms with Gasteiger partial charge in [-0.1, -0.05) is 24.3 Å². The molecule has 1 aliphatic rings. The summed E-state index contributed by atoms with van der Waals surface area (Å²) < 4.78 is 13.5. The highest BCUT2D eigenvalue weighted by atomic mass is 19.1. The van der Waals surface area contributed by atoms with Crippen LogP contribution in [0.1, 0.15) is 28.8 Å². The molecule has 0 saturated carbocycles. The molecule has 1 saturated heterocycles. The highest BCUT2D eigenvalue weighted by Crippen LogP contribution is 2.28. The van der Waals surface area contributed by atoms with Gasteiger partial charge in [0, 0.05) is 42.5 Å². The fourth-order valence-electron chi connectivity index (χ4n) is 3.60. The minimum Gasteiger partial charge on any atom is -0.366 e. The van der Waals surface area contributed by atoms with Crippen LogP contribution in [0.4, 0.5) is 4.39 Å². The summed E-state index contributed by atoms with van der Waals surface area (Å²) in [6.07, 6.45) is 4.11. The Labute approximate surface area is 151 Å². The van der Waals surface area contributed by atoms with Crippen LogP contribution in [-0.2, 0) is 6.54 Å². The maximum atomic E-state index is 13.5. The quantitative estimate of drug-likeness (QED) is 0.758. The van der Waals surface area contributed by atoms with Crippen LogP contribution < -0.4 is 5.73 Å². The highest BCUT2D eigenvalue weighted by Gasteiger charge is 2.19. The molecule has 26 heavy (non-hydrogen) atoms. The number of rotatable bonds is 4. The Balaban J connectivity index is 1.62. The van der Waals surface area contributed by atoms with Crippen molar-refractivity contribution in [2.45, 2.75) is 25.6 Å². The zero-order valence-corrected chi connectivity index (χ0v) is 14.3. The number of piperidine rings is 1. The van der Waals surface area contributed by atoms with Crippen molar-refractivity contribution in [2.75, 3.05) is 13.1 Å². The third kappa shape index (κ3) is 3.20. The molecule has 0 aliphatic carbocycles. The summed E-state index contributed by atoms with van der Waals surface area (Å²) in [6, 6.07) is 10.9. The molecular weight excluding hydrogens is 331 g/mol. The van der Waals surface area contributed by atoms with Gasteiger partial charge in [0.25, 0.3) is 0 Å². The maximum Gasteiger partial charge on any atom is 0.250 e. The molecule has 1 fully saturated rings. The number of nitrogens with zero attached hydrogens (tertiary/aromatic N) is 2. The SMILES string of the molecule is NC(=O)c1c(-c2ccc(CN3CCCC(F)C3)cc2)cnc2[nH]c[c]c12. The topological polar surface area (TPSA) is 75.0 Å². The Morgan fingerprint density at radius 3 is 2.92 bits per heavy atom. The molecular formula is C20H20FN4O. The average Bonchev–Trinajstić information content (AvgIpc) is 3.10. The van der Waals surface area contributed by atoms with E-state index in [4.69, 9.17) is 5.73 Å². The molecule has 0 spiro atoms. The predicted octanol–water partition coefficient (Wildman–Crippen LogP) is 3.06. The minimum absolute atomic E-state index is 0.417. The van der Waals surface area contributed by atoms with Gasteiger partial charge in [-0.2, -0.15) is 0 Å². The van der Waals surface area contributed by atoms with E-state index in [9.17, 15) is 9.18 Å². The number of primary amides is 1. The third-order valence-electron chi connectivity index (χ3n) is 4.87. The number of carbonyl (C=O) groups is 1. The molecule has 1 aliphatic heterocycles. The number of nitrogens with two attached hydrogens (primary N) is 1. The number of likely N-dealkylation sites (tertiary alicyclic amines) is 1. The van der Waals surface area contributed by atoms with Crippen LogP contribution in [0.2, 0.25) is 0 Å². The normalized spacial score (nSPS) is 18.3. The summed E-state index contributed by atoms with van der Waals surface area (Å²) in [5.41, 5.74) is 9.28. The second-order valence-corrected chi connectivity index (χ2v) is 6.74. The van der Waals surface area contributed by atoms with Gasteiger partial charge in [-0.05, 0) is 30.5 Å².